The fourth-order valence-corrected chi connectivity index (χ4v) is 2.54. The number of rotatable bonds is 5. The molecule has 0 aromatic heterocycles. The van der Waals surface area contributed by atoms with E-state index in [0.717, 1.165) is 28.8 Å². The molecule has 0 spiro atoms. The Hall–Kier alpha value is -2.76. The number of carbonyl (C=O) groups excluding carboxylic acids is 2. The van der Waals surface area contributed by atoms with Crippen molar-refractivity contribution < 1.29 is 23.1 Å². The number of esters is 1. The standard InChI is InChI=1S/C19H19F2NO3/c1-11-8-12(2)18(13(3)9-11)25-17(23)6-7-22-19(24)15-5-4-14(20)10-16(15)21/h4-5,8-10H,6-7H2,1-3H3,(H,22,24). The predicted molar refractivity (Wildman–Crippen MR) is 89.6 cm³/mol. The first-order valence-electron chi connectivity index (χ1n) is 7.79. The van der Waals surface area contributed by atoms with Crippen molar-refractivity contribution in [2.45, 2.75) is 27.2 Å². The number of nitrogens with one attached hydrogen (secondary N) is 1. The SMILES string of the molecule is Cc1cc(C)c(OC(=O)CCNC(=O)c2ccc(F)cc2F)c(C)c1. The van der Waals surface area contributed by atoms with Gasteiger partial charge in [-0.15, -0.1) is 0 Å². The molecule has 0 radical (unpaired) electrons. The molecule has 4 nitrogen and oxygen atoms in total. The van der Waals surface area contributed by atoms with Crippen molar-refractivity contribution >= 4 is 11.9 Å². The van der Waals surface area contributed by atoms with E-state index < -0.39 is 23.5 Å². The normalized spacial score (nSPS) is 10.4. The van der Waals surface area contributed by atoms with Crippen LogP contribution in [0.3, 0.4) is 0 Å². The summed E-state index contributed by atoms with van der Waals surface area (Å²) in [4.78, 5) is 23.8. The molecule has 6 heteroatoms. The third-order valence-electron chi connectivity index (χ3n) is 3.61. The van der Waals surface area contributed by atoms with Crippen molar-refractivity contribution in [3.05, 3.63) is 64.2 Å². The summed E-state index contributed by atoms with van der Waals surface area (Å²) in [7, 11) is 0. The molecule has 2 rings (SSSR count). The average Bonchev–Trinajstić information content (AvgIpc) is 2.50. The second-order valence-electron chi connectivity index (χ2n) is 5.83. The van der Waals surface area contributed by atoms with Crippen molar-refractivity contribution in [3.63, 3.8) is 0 Å². The molecule has 0 atom stereocenters. The van der Waals surface area contributed by atoms with Crippen LogP contribution in [0, 0.1) is 32.4 Å². The molecule has 0 saturated carbocycles. The number of amides is 1. The zero-order chi connectivity index (χ0) is 18.6. The first kappa shape index (κ1) is 18.6. The van der Waals surface area contributed by atoms with Gasteiger partial charge in [-0.05, 0) is 44.0 Å². The Morgan fingerprint density at radius 3 is 2.28 bits per heavy atom. The molecule has 0 bridgehead atoms. The van der Waals surface area contributed by atoms with Crippen molar-refractivity contribution in [2.75, 3.05) is 6.54 Å². The lowest BCUT2D eigenvalue weighted by Gasteiger charge is -2.12. The summed E-state index contributed by atoms with van der Waals surface area (Å²) in [6.07, 6.45) is -0.0681. The smallest absolute Gasteiger partial charge is 0.312 e. The zero-order valence-corrected chi connectivity index (χ0v) is 14.3. The van der Waals surface area contributed by atoms with Gasteiger partial charge in [-0.1, -0.05) is 17.7 Å². The fourth-order valence-electron chi connectivity index (χ4n) is 2.54. The van der Waals surface area contributed by atoms with E-state index in [2.05, 4.69) is 5.32 Å². The maximum absolute atomic E-state index is 13.5. The highest BCUT2D eigenvalue weighted by Gasteiger charge is 2.14. The van der Waals surface area contributed by atoms with Crippen LogP contribution in [0.5, 0.6) is 5.75 Å². The minimum Gasteiger partial charge on any atom is -0.426 e. The van der Waals surface area contributed by atoms with Crippen molar-refractivity contribution in [1.82, 2.24) is 5.32 Å². The monoisotopic (exact) mass is 347 g/mol. The third-order valence-corrected chi connectivity index (χ3v) is 3.61. The molecule has 0 unspecified atom stereocenters. The molecule has 1 amide bonds. The van der Waals surface area contributed by atoms with Gasteiger partial charge < -0.3 is 10.1 Å². The summed E-state index contributed by atoms with van der Waals surface area (Å²) in [5.41, 5.74) is 2.50. The molecule has 132 valence electrons. The second kappa shape index (κ2) is 7.88. The molecule has 25 heavy (non-hydrogen) atoms. The second-order valence-corrected chi connectivity index (χ2v) is 5.83. The maximum Gasteiger partial charge on any atom is 0.312 e. The van der Waals surface area contributed by atoms with Gasteiger partial charge >= 0.3 is 5.97 Å². The van der Waals surface area contributed by atoms with E-state index in [9.17, 15) is 18.4 Å². The minimum atomic E-state index is -0.953. The largest absolute Gasteiger partial charge is 0.426 e. The molecule has 0 fully saturated rings. The molecular weight excluding hydrogens is 328 g/mol. The highest BCUT2D eigenvalue weighted by atomic mass is 19.1. The first-order valence-corrected chi connectivity index (χ1v) is 7.79. The molecule has 0 aliphatic rings. The summed E-state index contributed by atoms with van der Waals surface area (Å²) in [6.45, 7) is 5.64. The van der Waals surface area contributed by atoms with Crippen LogP contribution >= 0.6 is 0 Å². The number of benzene rings is 2. The number of ether oxygens (including phenoxy) is 1. The molecule has 2 aromatic rings. The van der Waals surface area contributed by atoms with Crippen LogP contribution in [-0.4, -0.2) is 18.4 Å². The van der Waals surface area contributed by atoms with E-state index in [4.69, 9.17) is 4.74 Å². The highest BCUT2D eigenvalue weighted by molar-refractivity contribution is 5.94. The fraction of sp³-hybridized carbons (Fsp3) is 0.263. The number of carbonyl (C=O) groups is 2. The highest BCUT2D eigenvalue weighted by Crippen LogP contribution is 2.24. The topological polar surface area (TPSA) is 55.4 Å². The van der Waals surface area contributed by atoms with Crippen LogP contribution in [-0.2, 0) is 4.79 Å². The lowest BCUT2D eigenvalue weighted by molar-refractivity contribution is -0.134. The van der Waals surface area contributed by atoms with E-state index in [1.165, 1.54) is 0 Å². The summed E-state index contributed by atoms with van der Waals surface area (Å²) in [6, 6.07) is 6.50. The maximum atomic E-state index is 13.5. The van der Waals surface area contributed by atoms with E-state index in [-0.39, 0.29) is 18.5 Å². The molecule has 2 aromatic carbocycles. The molecule has 0 aliphatic carbocycles. The van der Waals surface area contributed by atoms with Gasteiger partial charge in [-0.2, -0.15) is 0 Å². The van der Waals surface area contributed by atoms with Crippen LogP contribution in [0.4, 0.5) is 8.78 Å². The zero-order valence-electron chi connectivity index (χ0n) is 14.3. The Morgan fingerprint density at radius 1 is 1.04 bits per heavy atom. The van der Waals surface area contributed by atoms with Crippen LogP contribution in [0.2, 0.25) is 0 Å². The number of hydrogen-bond donors (Lipinski definition) is 1. The summed E-state index contributed by atoms with van der Waals surface area (Å²) >= 11 is 0. The summed E-state index contributed by atoms with van der Waals surface area (Å²) in [5, 5.41) is 2.41. The molecule has 1 N–H and O–H groups in total. The van der Waals surface area contributed by atoms with Crippen molar-refractivity contribution in [2.24, 2.45) is 0 Å². The Balaban J connectivity index is 1.89. The summed E-state index contributed by atoms with van der Waals surface area (Å²) in [5.74, 6) is -2.43. The van der Waals surface area contributed by atoms with Gasteiger partial charge in [0.2, 0.25) is 0 Å². The van der Waals surface area contributed by atoms with Crippen molar-refractivity contribution in [3.8, 4) is 5.75 Å². The Kier molecular flexibility index (Phi) is 5.85. The quantitative estimate of drug-likeness (QED) is 0.664. The number of aryl methyl sites for hydroxylation is 3. The molecule has 0 saturated heterocycles. The Bertz CT molecular complexity index is 795. The van der Waals surface area contributed by atoms with Gasteiger partial charge in [0.25, 0.3) is 5.91 Å². The predicted octanol–water partition coefficient (Wildman–Crippen LogP) is 3.62. The number of hydrogen-bond acceptors (Lipinski definition) is 3. The van der Waals surface area contributed by atoms with Gasteiger partial charge in [-0.25, -0.2) is 8.78 Å². The molecule has 0 aliphatic heterocycles. The molecule has 0 heterocycles. The Labute approximate surface area is 144 Å². The third kappa shape index (κ3) is 4.86. The van der Waals surface area contributed by atoms with Gasteiger partial charge in [0.05, 0.1) is 12.0 Å². The van der Waals surface area contributed by atoms with Crippen LogP contribution in [0.1, 0.15) is 33.5 Å². The van der Waals surface area contributed by atoms with Gasteiger partial charge in [0.1, 0.15) is 17.4 Å². The van der Waals surface area contributed by atoms with Gasteiger partial charge in [-0.3, -0.25) is 9.59 Å². The van der Waals surface area contributed by atoms with Gasteiger partial charge in [0.15, 0.2) is 0 Å². The van der Waals surface area contributed by atoms with E-state index in [0.29, 0.717) is 11.8 Å². The van der Waals surface area contributed by atoms with E-state index in [1.807, 2.05) is 32.9 Å². The summed E-state index contributed by atoms with van der Waals surface area (Å²) < 4.78 is 31.7. The van der Waals surface area contributed by atoms with Crippen LogP contribution in [0.15, 0.2) is 30.3 Å². The average molecular weight is 347 g/mol. The lowest BCUT2D eigenvalue weighted by Crippen LogP contribution is -2.28. The first-order chi connectivity index (χ1) is 11.8. The Morgan fingerprint density at radius 2 is 1.68 bits per heavy atom. The minimum absolute atomic E-state index is 0.0154. The van der Waals surface area contributed by atoms with Crippen molar-refractivity contribution in [1.29, 1.82) is 0 Å². The number of halogens is 2. The van der Waals surface area contributed by atoms with E-state index >= 15 is 0 Å². The van der Waals surface area contributed by atoms with E-state index in [1.54, 1.807) is 0 Å². The molecular formula is C19H19F2NO3. The van der Waals surface area contributed by atoms with Crippen LogP contribution in [0.25, 0.3) is 0 Å². The van der Waals surface area contributed by atoms with Gasteiger partial charge in [0, 0.05) is 12.6 Å². The van der Waals surface area contributed by atoms with Crippen LogP contribution < -0.4 is 10.1 Å². The lowest BCUT2D eigenvalue weighted by atomic mass is 10.1.